The van der Waals surface area contributed by atoms with Gasteiger partial charge in [0.25, 0.3) is 5.91 Å². The van der Waals surface area contributed by atoms with Gasteiger partial charge in [-0.3, -0.25) is 9.36 Å². The molecule has 0 bridgehead atoms. The summed E-state index contributed by atoms with van der Waals surface area (Å²) in [5, 5.41) is 10.4. The first-order valence-corrected chi connectivity index (χ1v) is 10.1. The highest BCUT2D eigenvalue weighted by Gasteiger charge is 2.51. The van der Waals surface area contributed by atoms with Crippen molar-refractivity contribution in [3.8, 4) is 0 Å². The minimum absolute atomic E-state index is 0.0661. The van der Waals surface area contributed by atoms with E-state index in [1.807, 2.05) is 24.3 Å². The number of amides is 1. The molecule has 1 atom stereocenters. The lowest BCUT2D eigenvalue weighted by atomic mass is 9.91. The predicted molar refractivity (Wildman–Crippen MR) is 114 cm³/mol. The zero-order valence-electron chi connectivity index (χ0n) is 15.1. The molecule has 0 saturated heterocycles. The maximum Gasteiger partial charge on any atom is 0.354 e. The predicted octanol–water partition coefficient (Wildman–Crippen LogP) is 5.29. The first kappa shape index (κ1) is 19.9. The number of carbonyl (C=O) groups is 2. The summed E-state index contributed by atoms with van der Waals surface area (Å²) in [5.74, 6) is -1.26. The summed E-state index contributed by atoms with van der Waals surface area (Å²) in [5.41, 5.74) is 0.0488. The summed E-state index contributed by atoms with van der Waals surface area (Å²) >= 11 is 15.6. The quantitative estimate of drug-likeness (QED) is 0.534. The highest BCUT2D eigenvalue weighted by atomic mass is 79.9. The molecule has 1 unspecified atom stereocenters. The Hall–Kier alpha value is -2.35. The molecule has 0 aliphatic carbocycles. The summed E-state index contributed by atoms with van der Waals surface area (Å²) in [6.07, 6.45) is 1.54. The van der Waals surface area contributed by atoms with Gasteiger partial charge in [0.2, 0.25) is 5.95 Å². The number of anilines is 2. The van der Waals surface area contributed by atoms with E-state index < -0.39 is 11.5 Å². The van der Waals surface area contributed by atoms with Crippen LogP contribution in [0, 0.1) is 0 Å². The van der Waals surface area contributed by atoms with E-state index in [0.29, 0.717) is 15.7 Å². The van der Waals surface area contributed by atoms with Crippen molar-refractivity contribution in [3.05, 3.63) is 74.4 Å². The van der Waals surface area contributed by atoms with E-state index in [2.05, 4.69) is 20.9 Å². The lowest BCUT2D eigenvalue weighted by Gasteiger charge is -2.26. The third kappa shape index (κ3) is 3.33. The average molecular weight is 495 g/mol. The number of carboxylic acids is 1. The van der Waals surface area contributed by atoms with Crippen molar-refractivity contribution in [1.82, 2.24) is 9.55 Å². The number of carboxylic acid groups (broad SMARTS) is 1. The smallest absolute Gasteiger partial charge is 0.354 e. The van der Waals surface area contributed by atoms with E-state index in [0.717, 1.165) is 10.0 Å². The molecule has 0 fully saturated rings. The standard InChI is InChI=1S/C20H14BrCl2N3O3/c1-20(9-11-2-4-12(21)5-3-11)18(29)25(15-7-13(22)6-14(23)8-15)19-24-10-16(17(27)28)26(19)20/h2-8,10H,9H2,1H3,(H,27,28). The first-order chi connectivity index (χ1) is 13.7. The van der Waals surface area contributed by atoms with Gasteiger partial charge in [-0.15, -0.1) is 0 Å². The number of hydrogen-bond acceptors (Lipinski definition) is 3. The van der Waals surface area contributed by atoms with Crippen LogP contribution in [0.15, 0.2) is 53.1 Å². The van der Waals surface area contributed by atoms with Crippen LogP contribution in [0.2, 0.25) is 10.0 Å². The largest absolute Gasteiger partial charge is 0.477 e. The minimum Gasteiger partial charge on any atom is -0.477 e. The van der Waals surface area contributed by atoms with Gasteiger partial charge >= 0.3 is 5.97 Å². The van der Waals surface area contributed by atoms with Gasteiger partial charge < -0.3 is 5.11 Å². The van der Waals surface area contributed by atoms with Crippen molar-refractivity contribution in [1.29, 1.82) is 0 Å². The van der Waals surface area contributed by atoms with Gasteiger partial charge in [-0.2, -0.15) is 0 Å². The molecule has 9 heteroatoms. The van der Waals surface area contributed by atoms with Gasteiger partial charge in [-0.1, -0.05) is 51.3 Å². The van der Waals surface area contributed by atoms with Crippen LogP contribution in [0.4, 0.5) is 11.6 Å². The fourth-order valence-electron chi connectivity index (χ4n) is 3.62. The number of aromatic carboxylic acids is 1. The van der Waals surface area contributed by atoms with Gasteiger partial charge in [0.05, 0.1) is 11.9 Å². The summed E-state index contributed by atoms with van der Waals surface area (Å²) in [6, 6.07) is 12.3. The Morgan fingerprint density at radius 2 is 1.79 bits per heavy atom. The number of benzene rings is 2. The molecule has 6 nitrogen and oxygen atoms in total. The maximum absolute atomic E-state index is 13.6. The number of nitrogens with zero attached hydrogens (tertiary/aromatic N) is 3. The Morgan fingerprint density at radius 1 is 1.17 bits per heavy atom. The summed E-state index contributed by atoms with van der Waals surface area (Å²) in [7, 11) is 0. The van der Waals surface area contributed by atoms with E-state index >= 15 is 0 Å². The van der Waals surface area contributed by atoms with Gasteiger partial charge in [0.15, 0.2) is 0 Å². The normalized spacial score (nSPS) is 18.2. The third-order valence-electron chi connectivity index (χ3n) is 4.89. The summed E-state index contributed by atoms with van der Waals surface area (Å²) in [6.45, 7) is 1.71. The average Bonchev–Trinajstić information content (AvgIpc) is 3.16. The topological polar surface area (TPSA) is 75.4 Å². The van der Waals surface area contributed by atoms with Gasteiger partial charge in [0.1, 0.15) is 11.2 Å². The van der Waals surface area contributed by atoms with Crippen LogP contribution in [0.3, 0.4) is 0 Å². The molecule has 2 aromatic carbocycles. The minimum atomic E-state index is -1.19. The number of rotatable bonds is 4. The van der Waals surface area contributed by atoms with Crippen LogP contribution in [0.1, 0.15) is 23.0 Å². The molecule has 1 N–H and O–H groups in total. The molecular formula is C20H14BrCl2N3O3. The van der Waals surface area contributed by atoms with Crippen molar-refractivity contribution in [3.63, 3.8) is 0 Å². The lowest BCUT2D eigenvalue weighted by molar-refractivity contribution is -0.123. The Labute approximate surface area is 184 Å². The molecule has 1 aliphatic rings. The second-order valence-corrected chi connectivity index (χ2v) is 8.72. The van der Waals surface area contributed by atoms with Crippen molar-refractivity contribution in [2.24, 2.45) is 0 Å². The Bertz CT molecular complexity index is 1130. The molecule has 2 heterocycles. The van der Waals surface area contributed by atoms with Crippen molar-refractivity contribution < 1.29 is 14.7 Å². The van der Waals surface area contributed by atoms with Crippen LogP contribution >= 0.6 is 39.1 Å². The van der Waals surface area contributed by atoms with Gasteiger partial charge in [0, 0.05) is 20.9 Å². The zero-order chi connectivity index (χ0) is 20.9. The number of aromatic nitrogens is 2. The van der Waals surface area contributed by atoms with Crippen LogP contribution in [0.5, 0.6) is 0 Å². The molecule has 1 aliphatic heterocycles. The molecule has 148 valence electrons. The molecule has 1 aromatic heterocycles. The molecule has 0 spiro atoms. The van der Waals surface area contributed by atoms with E-state index in [4.69, 9.17) is 23.2 Å². The van der Waals surface area contributed by atoms with Crippen molar-refractivity contribution in [2.75, 3.05) is 4.90 Å². The molecular weight excluding hydrogens is 481 g/mol. The molecule has 0 saturated carbocycles. The summed E-state index contributed by atoms with van der Waals surface area (Å²) < 4.78 is 2.38. The van der Waals surface area contributed by atoms with Crippen LogP contribution < -0.4 is 4.90 Å². The Kier molecular flexibility index (Phi) is 4.93. The summed E-state index contributed by atoms with van der Waals surface area (Å²) in [4.78, 5) is 31.0. The van der Waals surface area contributed by atoms with E-state index in [1.165, 1.54) is 15.7 Å². The number of imidazole rings is 1. The first-order valence-electron chi connectivity index (χ1n) is 8.57. The van der Waals surface area contributed by atoms with Crippen LogP contribution in [0.25, 0.3) is 0 Å². The highest BCUT2D eigenvalue weighted by Crippen LogP contribution is 2.43. The number of hydrogen-bond donors (Lipinski definition) is 1. The zero-order valence-corrected chi connectivity index (χ0v) is 18.2. The SMILES string of the molecule is CC1(Cc2ccc(Br)cc2)C(=O)N(c2cc(Cl)cc(Cl)c2)c2ncc(C(=O)O)n21. The second-order valence-electron chi connectivity index (χ2n) is 6.93. The van der Waals surface area contributed by atoms with Crippen molar-refractivity contribution >= 4 is 62.6 Å². The Morgan fingerprint density at radius 3 is 2.38 bits per heavy atom. The third-order valence-corrected chi connectivity index (χ3v) is 5.85. The van der Waals surface area contributed by atoms with Crippen LogP contribution in [-0.4, -0.2) is 26.5 Å². The molecule has 3 aromatic rings. The van der Waals surface area contributed by atoms with Crippen molar-refractivity contribution in [2.45, 2.75) is 18.9 Å². The van der Waals surface area contributed by atoms with E-state index in [1.54, 1.807) is 25.1 Å². The van der Waals surface area contributed by atoms with E-state index in [9.17, 15) is 14.7 Å². The number of fused-ring (bicyclic) bond motifs is 1. The molecule has 4 rings (SSSR count). The lowest BCUT2D eigenvalue weighted by Crippen LogP contribution is -2.42. The van der Waals surface area contributed by atoms with Gasteiger partial charge in [-0.25, -0.2) is 14.7 Å². The molecule has 0 radical (unpaired) electrons. The van der Waals surface area contributed by atoms with Crippen LogP contribution in [-0.2, 0) is 16.8 Å². The monoisotopic (exact) mass is 493 g/mol. The molecule has 29 heavy (non-hydrogen) atoms. The Balaban J connectivity index is 1.89. The fourth-order valence-corrected chi connectivity index (χ4v) is 4.40. The fraction of sp³-hybridized carbons (Fsp3) is 0.150. The maximum atomic E-state index is 13.6. The van der Waals surface area contributed by atoms with Gasteiger partial charge in [-0.05, 0) is 42.8 Å². The highest BCUT2D eigenvalue weighted by molar-refractivity contribution is 9.10. The number of carbonyl (C=O) groups excluding carboxylic acids is 1. The van der Waals surface area contributed by atoms with E-state index in [-0.39, 0.29) is 24.0 Å². The number of halogens is 3. The molecule has 1 amide bonds. The second kappa shape index (κ2) is 7.16.